The van der Waals surface area contributed by atoms with E-state index in [0.29, 0.717) is 5.56 Å². The Hall–Kier alpha value is -2.99. The highest BCUT2D eigenvalue weighted by molar-refractivity contribution is 6.32. The van der Waals surface area contributed by atoms with E-state index in [9.17, 15) is 18.0 Å². The average Bonchev–Trinajstić information content (AvgIpc) is 2.97. The number of nitrogens with one attached hydrogen (secondary N) is 1. The minimum Gasteiger partial charge on any atom is -0.483 e. The molecule has 0 saturated heterocycles. The van der Waals surface area contributed by atoms with Gasteiger partial charge in [0.15, 0.2) is 12.3 Å². The minimum absolute atomic E-state index is 0.00911. The van der Waals surface area contributed by atoms with Gasteiger partial charge in [-0.15, -0.1) is 0 Å². The van der Waals surface area contributed by atoms with E-state index in [-0.39, 0.29) is 27.7 Å². The number of fused-ring (bicyclic) bond motifs is 1. The number of rotatable bonds is 3. The molecule has 1 N–H and O–H groups in total. The summed E-state index contributed by atoms with van der Waals surface area (Å²) in [6, 6.07) is 7.15. The molecule has 0 aliphatic heterocycles. The average molecular weight is 369 g/mol. The lowest BCUT2D eigenvalue weighted by atomic mass is 10.1. The second-order valence-electron chi connectivity index (χ2n) is 4.99. The van der Waals surface area contributed by atoms with Gasteiger partial charge in [0.05, 0.1) is 10.7 Å². The van der Waals surface area contributed by atoms with Crippen LogP contribution >= 0.6 is 11.6 Å². The molecule has 10 heteroatoms. The Balaban J connectivity index is 2.06. The van der Waals surface area contributed by atoms with E-state index < -0.39 is 18.3 Å². The van der Waals surface area contributed by atoms with Gasteiger partial charge in [0.2, 0.25) is 0 Å². The highest BCUT2D eigenvalue weighted by Crippen LogP contribution is 2.31. The van der Waals surface area contributed by atoms with Crippen LogP contribution in [0.3, 0.4) is 0 Å². The molecule has 3 aromatic rings. The summed E-state index contributed by atoms with van der Waals surface area (Å²) < 4.78 is 42.7. The molecule has 0 spiro atoms. The Kier molecular flexibility index (Phi) is 4.14. The van der Waals surface area contributed by atoms with Gasteiger partial charge in [-0.2, -0.15) is 18.4 Å². The summed E-state index contributed by atoms with van der Waals surface area (Å²) in [5.74, 6) is -0.187. The second-order valence-corrected chi connectivity index (χ2v) is 5.39. The molecule has 0 aliphatic carbocycles. The van der Waals surface area contributed by atoms with E-state index in [1.165, 1.54) is 30.5 Å². The number of nitrogens with zero attached hydrogens (tertiary/aromatic N) is 3. The van der Waals surface area contributed by atoms with Crippen LogP contribution < -0.4 is 10.3 Å². The number of aromatic nitrogens is 3. The number of hydrogen-bond donors (Lipinski definition) is 1. The van der Waals surface area contributed by atoms with E-state index in [1.807, 2.05) is 6.07 Å². The van der Waals surface area contributed by atoms with E-state index in [0.717, 1.165) is 4.52 Å². The number of benzene rings is 1. The summed E-state index contributed by atoms with van der Waals surface area (Å²) in [4.78, 5) is 16.3. The van der Waals surface area contributed by atoms with Crippen LogP contribution in [0.5, 0.6) is 5.75 Å². The SMILES string of the molecule is N#Cc1c[nH]n2c(=O)cc(-c3ccc(Cl)c(OCC(F)(F)F)c3)nc12. The summed E-state index contributed by atoms with van der Waals surface area (Å²) in [5, 5.41) is 11.6. The van der Waals surface area contributed by atoms with Gasteiger partial charge in [-0.3, -0.25) is 9.89 Å². The van der Waals surface area contributed by atoms with E-state index in [2.05, 4.69) is 14.8 Å². The molecule has 0 unspecified atom stereocenters. The van der Waals surface area contributed by atoms with Gasteiger partial charge >= 0.3 is 6.18 Å². The Morgan fingerprint density at radius 3 is 2.80 bits per heavy atom. The molecular formula is C15H8ClF3N4O2. The molecule has 0 aliphatic rings. The molecule has 25 heavy (non-hydrogen) atoms. The molecule has 0 saturated carbocycles. The van der Waals surface area contributed by atoms with Crippen molar-refractivity contribution in [3.63, 3.8) is 0 Å². The Labute approximate surface area is 143 Å². The number of hydrogen-bond acceptors (Lipinski definition) is 4. The maximum absolute atomic E-state index is 12.3. The molecule has 0 radical (unpaired) electrons. The van der Waals surface area contributed by atoms with Crippen molar-refractivity contribution in [2.45, 2.75) is 6.18 Å². The summed E-state index contributed by atoms with van der Waals surface area (Å²) in [5.41, 5.74) is 0.286. The first-order chi connectivity index (χ1) is 11.8. The van der Waals surface area contributed by atoms with Crippen LogP contribution in [0.1, 0.15) is 5.56 Å². The minimum atomic E-state index is -4.51. The summed E-state index contributed by atoms with van der Waals surface area (Å²) in [7, 11) is 0. The molecule has 0 fully saturated rings. The molecule has 3 rings (SSSR count). The fourth-order valence-corrected chi connectivity index (χ4v) is 2.32. The first-order valence-corrected chi connectivity index (χ1v) is 7.17. The first-order valence-electron chi connectivity index (χ1n) is 6.79. The lowest BCUT2D eigenvalue weighted by Crippen LogP contribution is -2.19. The van der Waals surface area contributed by atoms with Crippen LogP contribution in [0.4, 0.5) is 13.2 Å². The van der Waals surface area contributed by atoms with Crippen molar-refractivity contribution in [1.82, 2.24) is 14.6 Å². The first kappa shape index (κ1) is 16.9. The zero-order valence-electron chi connectivity index (χ0n) is 12.3. The molecule has 1 aromatic carbocycles. The molecule has 0 amide bonds. The van der Waals surface area contributed by atoms with Gasteiger partial charge in [0.25, 0.3) is 5.56 Å². The highest BCUT2D eigenvalue weighted by Gasteiger charge is 2.28. The monoisotopic (exact) mass is 368 g/mol. The molecule has 2 aromatic heterocycles. The normalized spacial score (nSPS) is 11.5. The quantitative estimate of drug-likeness (QED) is 0.769. The number of ether oxygens (including phenoxy) is 1. The lowest BCUT2D eigenvalue weighted by Gasteiger charge is -2.11. The van der Waals surface area contributed by atoms with Crippen molar-refractivity contribution < 1.29 is 17.9 Å². The van der Waals surface area contributed by atoms with Gasteiger partial charge in [0.1, 0.15) is 17.4 Å². The van der Waals surface area contributed by atoms with Crippen LogP contribution in [-0.2, 0) is 0 Å². The van der Waals surface area contributed by atoms with Crippen molar-refractivity contribution in [2.24, 2.45) is 0 Å². The van der Waals surface area contributed by atoms with Crippen molar-refractivity contribution in [3.05, 3.63) is 51.4 Å². The maximum Gasteiger partial charge on any atom is 0.422 e. The Bertz CT molecular complexity index is 1050. The number of nitriles is 1. The Morgan fingerprint density at radius 2 is 2.12 bits per heavy atom. The predicted molar refractivity (Wildman–Crippen MR) is 82.5 cm³/mol. The van der Waals surface area contributed by atoms with E-state index >= 15 is 0 Å². The summed E-state index contributed by atoms with van der Waals surface area (Å²) in [6.45, 7) is -1.50. The van der Waals surface area contributed by atoms with Crippen molar-refractivity contribution in [1.29, 1.82) is 5.26 Å². The van der Waals surface area contributed by atoms with Crippen LogP contribution in [0.15, 0.2) is 35.3 Å². The number of halogens is 4. The molecule has 128 valence electrons. The van der Waals surface area contributed by atoms with E-state index in [4.69, 9.17) is 16.9 Å². The summed E-state index contributed by atoms with van der Waals surface area (Å²) in [6.07, 6.45) is -3.19. The molecular weight excluding hydrogens is 361 g/mol. The van der Waals surface area contributed by atoms with Crippen LogP contribution in [0.25, 0.3) is 16.9 Å². The topological polar surface area (TPSA) is 83.2 Å². The van der Waals surface area contributed by atoms with Crippen molar-refractivity contribution in [3.8, 4) is 23.1 Å². The lowest BCUT2D eigenvalue weighted by molar-refractivity contribution is -0.153. The fourth-order valence-electron chi connectivity index (χ4n) is 2.14. The van der Waals surface area contributed by atoms with Gasteiger partial charge in [-0.25, -0.2) is 9.50 Å². The largest absolute Gasteiger partial charge is 0.483 e. The zero-order valence-corrected chi connectivity index (χ0v) is 13.0. The Morgan fingerprint density at radius 1 is 1.36 bits per heavy atom. The molecule has 0 bridgehead atoms. The third-order valence-electron chi connectivity index (χ3n) is 3.24. The van der Waals surface area contributed by atoms with Crippen molar-refractivity contribution >= 4 is 17.2 Å². The third-order valence-corrected chi connectivity index (χ3v) is 3.55. The highest BCUT2D eigenvalue weighted by atomic mass is 35.5. The summed E-state index contributed by atoms with van der Waals surface area (Å²) >= 11 is 5.84. The number of H-pyrrole nitrogens is 1. The van der Waals surface area contributed by atoms with Gasteiger partial charge in [0, 0.05) is 17.8 Å². The maximum atomic E-state index is 12.3. The third kappa shape index (κ3) is 3.44. The standard InChI is InChI=1S/C15H8ClF3N4O2/c16-10-2-1-8(3-12(10)25-7-15(17,18)19)11-4-13(24)23-14(22-11)9(5-20)6-21-23/h1-4,6,21H,7H2. The van der Waals surface area contributed by atoms with Crippen LogP contribution in [-0.4, -0.2) is 27.4 Å². The fraction of sp³-hybridized carbons (Fsp3) is 0.133. The van der Waals surface area contributed by atoms with Gasteiger partial charge in [-0.1, -0.05) is 17.7 Å². The molecule has 6 nitrogen and oxygen atoms in total. The molecule has 2 heterocycles. The van der Waals surface area contributed by atoms with Gasteiger partial charge in [-0.05, 0) is 12.1 Å². The van der Waals surface area contributed by atoms with Crippen molar-refractivity contribution in [2.75, 3.05) is 6.61 Å². The molecule has 0 atom stereocenters. The number of aromatic amines is 1. The predicted octanol–water partition coefficient (Wildman–Crippen LogP) is 3.16. The van der Waals surface area contributed by atoms with Crippen LogP contribution in [0, 0.1) is 11.3 Å². The van der Waals surface area contributed by atoms with Gasteiger partial charge < -0.3 is 4.74 Å². The number of alkyl halides is 3. The van der Waals surface area contributed by atoms with Crippen LogP contribution in [0.2, 0.25) is 5.02 Å². The zero-order chi connectivity index (χ0) is 18.2. The second kappa shape index (κ2) is 6.14. The smallest absolute Gasteiger partial charge is 0.422 e. The van der Waals surface area contributed by atoms with E-state index in [1.54, 1.807) is 0 Å².